The second kappa shape index (κ2) is 6.12. The zero-order valence-corrected chi connectivity index (χ0v) is 10.2. The van der Waals surface area contributed by atoms with Crippen LogP contribution < -0.4 is 5.32 Å². The molecule has 15 heavy (non-hydrogen) atoms. The zero-order valence-electron chi connectivity index (χ0n) is 8.63. The Hall–Kier alpha value is -0.550. The molecule has 0 aliphatic heterocycles. The van der Waals surface area contributed by atoms with Gasteiger partial charge in [-0.05, 0) is 24.3 Å². The van der Waals surface area contributed by atoms with Crippen LogP contribution in [-0.2, 0) is 0 Å². The van der Waals surface area contributed by atoms with E-state index >= 15 is 0 Å². The van der Waals surface area contributed by atoms with Gasteiger partial charge in [-0.15, -0.1) is 0 Å². The van der Waals surface area contributed by atoms with E-state index in [9.17, 15) is 4.39 Å². The summed E-state index contributed by atoms with van der Waals surface area (Å²) < 4.78 is 13.1. The van der Waals surface area contributed by atoms with E-state index in [-0.39, 0.29) is 11.1 Å². The summed E-state index contributed by atoms with van der Waals surface area (Å²) in [4.78, 5) is 7.29. The second-order valence-electron chi connectivity index (χ2n) is 3.10. The molecule has 6 heteroatoms. The molecule has 1 unspecified atom stereocenters. The van der Waals surface area contributed by atoms with Crippen molar-refractivity contribution in [1.82, 2.24) is 9.97 Å². The molecule has 0 radical (unpaired) electrons. The van der Waals surface area contributed by atoms with Crippen molar-refractivity contribution >= 4 is 29.2 Å². The molecular weight excluding hydrogens is 237 g/mol. The lowest BCUT2D eigenvalue weighted by Gasteiger charge is -2.09. The quantitative estimate of drug-likeness (QED) is 0.815. The monoisotopic (exact) mass is 249 g/mol. The number of nitrogens with zero attached hydrogens (tertiary/aromatic N) is 2. The molecule has 1 N–H and O–H groups in total. The number of anilines is 1. The molecule has 0 aromatic carbocycles. The Kier molecular flexibility index (Phi) is 5.11. The molecule has 0 aliphatic rings. The molecule has 1 aromatic rings. The number of hydrogen-bond acceptors (Lipinski definition) is 4. The van der Waals surface area contributed by atoms with Gasteiger partial charge in [-0.3, -0.25) is 0 Å². The van der Waals surface area contributed by atoms with E-state index in [1.54, 1.807) is 11.8 Å². The first-order valence-electron chi connectivity index (χ1n) is 4.58. The Morgan fingerprint density at radius 1 is 1.67 bits per heavy atom. The van der Waals surface area contributed by atoms with Crippen LogP contribution >= 0.6 is 23.4 Å². The van der Waals surface area contributed by atoms with Crippen LogP contribution in [0.5, 0.6) is 0 Å². The maximum atomic E-state index is 13.1. The van der Waals surface area contributed by atoms with E-state index in [1.165, 1.54) is 0 Å². The van der Waals surface area contributed by atoms with Crippen molar-refractivity contribution < 1.29 is 4.39 Å². The molecule has 84 valence electrons. The van der Waals surface area contributed by atoms with Gasteiger partial charge in [-0.2, -0.15) is 16.7 Å². The second-order valence-corrected chi connectivity index (χ2v) is 4.71. The highest BCUT2D eigenvalue weighted by Gasteiger charge is 2.05. The van der Waals surface area contributed by atoms with Gasteiger partial charge >= 0.3 is 0 Å². The Morgan fingerprint density at radius 2 is 2.40 bits per heavy atom. The molecule has 1 rings (SSSR count). The number of hydrogen-bond donors (Lipinski definition) is 1. The number of nitrogens with one attached hydrogen (secondary N) is 1. The summed E-state index contributed by atoms with van der Waals surface area (Å²) in [6, 6.07) is 0. The minimum absolute atomic E-state index is 0.0526. The smallest absolute Gasteiger partial charge is 0.224 e. The van der Waals surface area contributed by atoms with Crippen LogP contribution in [0.15, 0.2) is 6.20 Å². The van der Waals surface area contributed by atoms with E-state index in [0.717, 1.165) is 12.6 Å². The molecule has 0 fully saturated rings. The highest BCUT2D eigenvalue weighted by atomic mass is 35.5. The van der Waals surface area contributed by atoms with Gasteiger partial charge in [0.1, 0.15) is 0 Å². The summed E-state index contributed by atoms with van der Waals surface area (Å²) >= 11 is 7.33. The molecule has 0 bridgehead atoms. The van der Waals surface area contributed by atoms with Crippen LogP contribution in [0.3, 0.4) is 0 Å². The standard InChI is InChI=1S/C9H13ClFN3S/c1-6(15-2)3-4-12-8-7(11)5-13-9(10)14-8/h5-6H,3-4H2,1-2H3,(H,12,13,14). The van der Waals surface area contributed by atoms with Crippen molar-refractivity contribution in [2.45, 2.75) is 18.6 Å². The third-order valence-electron chi connectivity index (χ3n) is 1.96. The summed E-state index contributed by atoms with van der Waals surface area (Å²) in [5, 5.41) is 3.49. The van der Waals surface area contributed by atoms with Crippen LogP contribution in [-0.4, -0.2) is 28.0 Å². The average Bonchev–Trinajstić information content (AvgIpc) is 2.23. The normalized spacial score (nSPS) is 12.5. The number of thioether (sulfide) groups is 1. The predicted molar refractivity (Wildman–Crippen MR) is 63.1 cm³/mol. The van der Waals surface area contributed by atoms with E-state index in [2.05, 4.69) is 22.2 Å². The Bertz CT molecular complexity index is 324. The molecule has 0 saturated heterocycles. The molecule has 0 amide bonds. The van der Waals surface area contributed by atoms with E-state index in [0.29, 0.717) is 11.8 Å². The van der Waals surface area contributed by atoms with Gasteiger partial charge in [0.25, 0.3) is 0 Å². The Balaban J connectivity index is 2.46. The summed E-state index contributed by atoms with van der Waals surface area (Å²) in [5.41, 5.74) is 0. The van der Waals surface area contributed by atoms with Crippen LogP contribution in [0, 0.1) is 5.82 Å². The molecule has 3 nitrogen and oxygen atoms in total. The lowest BCUT2D eigenvalue weighted by atomic mass is 10.3. The van der Waals surface area contributed by atoms with E-state index in [4.69, 9.17) is 11.6 Å². The molecule has 0 aliphatic carbocycles. The minimum atomic E-state index is -0.476. The van der Waals surface area contributed by atoms with Gasteiger partial charge in [-0.1, -0.05) is 6.92 Å². The fourth-order valence-corrected chi connectivity index (χ4v) is 1.47. The van der Waals surface area contributed by atoms with E-state index in [1.807, 2.05) is 6.26 Å². The molecule has 0 saturated carbocycles. The summed E-state index contributed by atoms with van der Waals surface area (Å²) in [6.45, 7) is 2.79. The Morgan fingerprint density at radius 3 is 3.07 bits per heavy atom. The minimum Gasteiger partial charge on any atom is -0.367 e. The maximum Gasteiger partial charge on any atom is 0.224 e. The first kappa shape index (κ1) is 12.5. The lowest BCUT2D eigenvalue weighted by molar-refractivity contribution is 0.616. The van der Waals surface area contributed by atoms with Crippen molar-refractivity contribution in [3.05, 3.63) is 17.3 Å². The van der Waals surface area contributed by atoms with Gasteiger partial charge in [0.15, 0.2) is 11.6 Å². The van der Waals surface area contributed by atoms with Gasteiger partial charge < -0.3 is 5.32 Å². The van der Waals surface area contributed by atoms with Crippen LogP contribution in [0.2, 0.25) is 5.28 Å². The highest BCUT2D eigenvalue weighted by Crippen LogP contribution is 2.13. The number of halogens is 2. The fourth-order valence-electron chi connectivity index (χ4n) is 0.981. The molecular formula is C9H13ClFN3S. The lowest BCUT2D eigenvalue weighted by Crippen LogP contribution is -2.10. The third-order valence-corrected chi connectivity index (χ3v) is 3.18. The van der Waals surface area contributed by atoms with Crippen LogP contribution in [0.1, 0.15) is 13.3 Å². The first-order chi connectivity index (χ1) is 7.13. The van der Waals surface area contributed by atoms with Crippen LogP contribution in [0.25, 0.3) is 0 Å². The first-order valence-corrected chi connectivity index (χ1v) is 6.24. The van der Waals surface area contributed by atoms with Crippen molar-refractivity contribution in [2.75, 3.05) is 18.1 Å². The molecule has 1 aromatic heterocycles. The third kappa shape index (κ3) is 4.22. The van der Waals surface area contributed by atoms with Crippen molar-refractivity contribution in [3.8, 4) is 0 Å². The van der Waals surface area contributed by atoms with Gasteiger partial charge in [0.05, 0.1) is 6.20 Å². The topological polar surface area (TPSA) is 37.8 Å². The molecule has 1 atom stereocenters. The largest absolute Gasteiger partial charge is 0.367 e. The number of rotatable bonds is 5. The van der Waals surface area contributed by atoms with Gasteiger partial charge in [0.2, 0.25) is 5.28 Å². The summed E-state index contributed by atoms with van der Waals surface area (Å²) in [6.07, 6.45) is 4.06. The summed E-state index contributed by atoms with van der Waals surface area (Å²) in [5.74, 6) is -0.306. The van der Waals surface area contributed by atoms with Crippen LogP contribution in [0.4, 0.5) is 10.2 Å². The highest BCUT2D eigenvalue weighted by molar-refractivity contribution is 7.99. The van der Waals surface area contributed by atoms with Gasteiger partial charge in [-0.25, -0.2) is 9.37 Å². The Labute approximate surface area is 97.8 Å². The predicted octanol–water partition coefficient (Wildman–Crippen LogP) is 2.82. The van der Waals surface area contributed by atoms with E-state index < -0.39 is 5.82 Å². The summed E-state index contributed by atoms with van der Waals surface area (Å²) in [7, 11) is 0. The maximum absolute atomic E-state index is 13.1. The molecule has 1 heterocycles. The van der Waals surface area contributed by atoms with Crippen molar-refractivity contribution in [1.29, 1.82) is 0 Å². The zero-order chi connectivity index (χ0) is 11.3. The number of aromatic nitrogens is 2. The molecule has 0 spiro atoms. The fraction of sp³-hybridized carbons (Fsp3) is 0.556. The SMILES string of the molecule is CSC(C)CCNc1nc(Cl)ncc1F. The average molecular weight is 250 g/mol. The van der Waals surface area contributed by atoms with Crippen molar-refractivity contribution in [2.24, 2.45) is 0 Å². The van der Waals surface area contributed by atoms with Gasteiger partial charge in [0, 0.05) is 11.8 Å². The van der Waals surface area contributed by atoms with Crippen molar-refractivity contribution in [3.63, 3.8) is 0 Å².